The number of aromatic nitrogens is 1. The van der Waals surface area contributed by atoms with Gasteiger partial charge in [-0.15, -0.1) is 0 Å². The Hall–Kier alpha value is -5.47. The lowest BCUT2D eigenvalue weighted by Crippen LogP contribution is -2.48. The molecule has 0 aliphatic carbocycles. The number of hydrogen-bond donors (Lipinski definition) is 5. The molecule has 6 N–H and O–H groups in total. The van der Waals surface area contributed by atoms with Crippen LogP contribution in [-0.2, 0) is 23.9 Å². The molecule has 0 aliphatic rings. The fraction of sp³-hybridized carbons (Fsp3) is 0.371. The number of alkyl halides is 3. The summed E-state index contributed by atoms with van der Waals surface area (Å²) >= 11 is 0. The van der Waals surface area contributed by atoms with Crippen LogP contribution < -0.4 is 27.0 Å². The Balaban J connectivity index is 1.68. The van der Waals surface area contributed by atoms with Gasteiger partial charge in [0.05, 0.1) is 12.5 Å². The topological polar surface area (TPSA) is 182 Å². The third-order valence-corrected chi connectivity index (χ3v) is 7.47. The molecule has 0 aliphatic heterocycles. The molecule has 3 aromatic rings. The number of rotatable bonds is 19. The molecule has 2 atom stereocenters. The van der Waals surface area contributed by atoms with Gasteiger partial charge in [-0.25, -0.2) is 14.6 Å². The summed E-state index contributed by atoms with van der Waals surface area (Å²) in [4.78, 5) is 65.5. The minimum Gasteiger partial charge on any atom is -0.386 e. The number of anilines is 1. The maximum absolute atomic E-state index is 13.6. The fourth-order valence-corrected chi connectivity index (χ4v) is 4.92. The van der Waals surface area contributed by atoms with Gasteiger partial charge in [-0.3, -0.25) is 14.4 Å². The Bertz CT molecular complexity index is 1540. The van der Waals surface area contributed by atoms with Crippen LogP contribution in [0.3, 0.4) is 0 Å². The summed E-state index contributed by atoms with van der Waals surface area (Å²) in [6.45, 7) is 0.896. The number of halogens is 3. The first-order valence-electron chi connectivity index (χ1n) is 16.2. The standard InChI is InChI=1S/C35H41F3N6O6/c36-35(37,38)33(48)50-31(46)23-28(26-18-16-25(17-19-26)24-11-3-1-4-12-24)44-32(47)27(13-6-9-22-42-34(39)49)43-30(45)15-5-2-8-20-40-29-14-7-10-21-41-29/h1,3-4,7,10-12,14,16-19,21,27-28H,2,5-6,8-9,13,15,20,22-23H2,(H,40,41)(H,43,45)(H,44,47)(H3,39,42,49)/t27-,28?/m0/s1. The predicted molar refractivity (Wildman–Crippen MR) is 179 cm³/mol. The van der Waals surface area contributed by atoms with Crippen molar-refractivity contribution in [2.45, 2.75) is 69.6 Å². The van der Waals surface area contributed by atoms with Crippen molar-refractivity contribution in [1.29, 1.82) is 0 Å². The van der Waals surface area contributed by atoms with E-state index >= 15 is 0 Å². The number of hydrogen-bond acceptors (Lipinski definition) is 8. The second kappa shape index (κ2) is 20.1. The van der Waals surface area contributed by atoms with Crippen LogP contribution in [0.5, 0.6) is 0 Å². The normalized spacial score (nSPS) is 12.2. The number of carbonyl (C=O) groups is 5. The quantitative estimate of drug-likeness (QED) is 0.0664. The lowest BCUT2D eigenvalue weighted by atomic mass is 9.98. The molecule has 12 nitrogen and oxygen atoms in total. The summed E-state index contributed by atoms with van der Waals surface area (Å²) in [5, 5.41) is 11.0. The van der Waals surface area contributed by atoms with E-state index in [0.717, 1.165) is 29.8 Å². The van der Waals surface area contributed by atoms with Crippen LogP contribution in [0.25, 0.3) is 11.1 Å². The number of nitrogens with one attached hydrogen (secondary N) is 4. The van der Waals surface area contributed by atoms with Crippen molar-refractivity contribution in [1.82, 2.24) is 20.9 Å². The van der Waals surface area contributed by atoms with E-state index in [2.05, 4.69) is 31.0 Å². The van der Waals surface area contributed by atoms with Crippen LogP contribution in [0.15, 0.2) is 79.0 Å². The molecule has 0 bridgehead atoms. The Kier molecular flexibility index (Phi) is 15.7. The number of nitrogens with zero attached hydrogens (tertiary/aromatic N) is 1. The highest BCUT2D eigenvalue weighted by atomic mass is 19.4. The number of urea groups is 1. The zero-order chi connectivity index (χ0) is 36.4. The number of benzene rings is 2. The fourth-order valence-electron chi connectivity index (χ4n) is 4.92. The van der Waals surface area contributed by atoms with Gasteiger partial charge in [-0.05, 0) is 60.9 Å². The van der Waals surface area contributed by atoms with Crippen LogP contribution in [0.4, 0.5) is 23.8 Å². The summed E-state index contributed by atoms with van der Waals surface area (Å²) in [7, 11) is 0. The molecular formula is C35H41F3N6O6. The van der Waals surface area contributed by atoms with E-state index in [-0.39, 0.29) is 19.4 Å². The number of unbranched alkanes of at least 4 members (excludes halogenated alkanes) is 3. The van der Waals surface area contributed by atoms with E-state index in [1.807, 2.05) is 48.5 Å². The molecule has 50 heavy (non-hydrogen) atoms. The molecule has 0 fully saturated rings. The summed E-state index contributed by atoms with van der Waals surface area (Å²) < 4.78 is 42.3. The highest BCUT2D eigenvalue weighted by Crippen LogP contribution is 2.25. The zero-order valence-electron chi connectivity index (χ0n) is 27.3. The van der Waals surface area contributed by atoms with E-state index in [4.69, 9.17) is 5.73 Å². The number of amides is 4. The van der Waals surface area contributed by atoms with E-state index in [1.54, 1.807) is 30.5 Å². The molecule has 0 saturated heterocycles. The van der Waals surface area contributed by atoms with Crippen molar-refractivity contribution in [3.05, 3.63) is 84.6 Å². The van der Waals surface area contributed by atoms with E-state index in [9.17, 15) is 37.1 Å². The maximum atomic E-state index is 13.6. The molecule has 4 amide bonds. The highest BCUT2D eigenvalue weighted by molar-refractivity contribution is 5.90. The molecule has 1 heterocycles. The number of nitrogens with two attached hydrogens (primary N) is 1. The average Bonchev–Trinajstić information content (AvgIpc) is 3.09. The minimum atomic E-state index is -5.39. The number of carbonyl (C=O) groups excluding carboxylic acids is 5. The molecule has 2 aromatic carbocycles. The second-order valence-electron chi connectivity index (χ2n) is 11.4. The molecule has 15 heteroatoms. The first-order valence-corrected chi connectivity index (χ1v) is 16.2. The Morgan fingerprint density at radius 1 is 0.780 bits per heavy atom. The first kappa shape index (κ1) is 39.0. The lowest BCUT2D eigenvalue weighted by Gasteiger charge is -2.24. The zero-order valence-corrected chi connectivity index (χ0v) is 27.3. The van der Waals surface area contributed by atoms with Gasteiger partial charge < -0.3 is 31.7 Å². The van der Waals surface area contributed by atoms with Gasteiger partial charge in [-0.1, -0.05) is 67.1 Å². The number of primary amides is 1. The van der Waals surface area contributed by atoms with Gasteiger partial charge in [0, 0.05) is 25.7 Å². The Morgan fingerprint density at radius 3 is 2.12 bits per heavy atom. The predicted octanol–water partition coefficient (Wildman–Crippen LogP) is 4.92. The smallest absolute Gasteiger partial charge is 0.386 e. The van der Waals surface area contributed by atoms with Crippen LogP contribution in [0.2, 0.25) is 0 Å². The molecule has 3 rings (SSSR count). The van der Waals surface area contributed by atoms with Crippen LogP contribution in [-0.4, -0.2) is 60.1 Å². The monoisotopic (exact) mass is 698 g/mol. The van der Waals surface area contributed by atoms with Crippen LogP contribution >= 0.6 is 0 Å². The van der Waals surface area contributed by atoms with E-state index in [1.165, 1.54) is 0 Å². The molecular weight excluding hydrogens is 657 g/mol. The summed E-state index contributed by atoms with van der Waals surface area (Å²) in [5.74, 6) is -4.52. The van der Waals surface area contributed by atoms with Gasteiger partial charge in [0.1, 0.15) is 11.9 Å². The summed E-state index contributed by atoms with van der Waals surface area (Å²) in [6, 6.07) is 18.4. The van der Waals surface area contributed by atoms with E-state index in [0.29, 0.717) is 31.4 Å². The third-order valence-electron chi connectivity index (χ3n) is 7.47. The van der Waals surface area contributed by atoms with Crippen LogP contribution in [0, 0.1) is 0 Å². The lowest BCUT2D eigenvalue weighted by molar-refractivity contribution is -0.202. The number of pyridine rings is 1. The second-order valence-corrected chi connectivity index (χ2v) is 11.4. The molecule has 1 unspecified atom stereocenters. The average molecular weight is 699 g/mol. The maximum Gasteiger partial charge on any atom is 0.491 e. The summed E-state index contributed by atoms with van der Waals surface area (Å²) in [5.41, 5.74) is 7.14. The largest absolute Gasteiger partial charge is 0.491 e. The molecule has 268 valence electrons. The Labute approximate surface area is 287 Å². The van der Waals surface area contributed by atoms with Crippen LogP contribution in [0.1, 0.15) is 63.0 Å². The van der Waals surface area contributed by atoms with E-state index < -0.39 is 54.5 Å². The molecule has 0 spiro atoms. The number of esters is 2. The molecule has 0 saturated carbocycles. The molecule has 0 radical (unpaired) electrons. The molecule has 1 aromatic heterocycles. The van der Waals surface area contributed by atoms with Gasteiger partial charge in [0.25, 0.3) is 0 Å². The van der Waals surface area contributed by atoms with Gasteiger partial charge in [0.15, 0.2) is 0 Å². The van der Waals surface area contributed by atoms with Crippen molar-refractivity contribution >= 4 is 35.6 Å². The van der Waals surface area contributed by atoms with Crippen molar-refractivity contribution in [3.63, 3.8) is 0 Å². The van der Waals surface area contributed by atoms with Crippen molar-refractivity contribution in [2.24, 2.45) is 5.73 Å². The third kappa shape index (κ3) is 14.3. The highest BCUT2D eigenvalue weighted by Gasteiger charge is 2.42. The van der Waals surface area contributed by atoms with Gasteiger partial charge >= 0.3 is 24.1 Å². The summed E-state index contributed by atoms with van der Waals surface area (Å²) in [6.07, 6.45) is -1.37. The van der Waals surface area contributed by atoms with Crippen molar-refractivity contribution in [3.8, 4) is 11.1 Å². The number of ether oxygens (including phenoxy) is 1. The first-order chi connectivity index (χ1) is 23.9. The van der Waals surface area contributed by atoms with Gasteiger partial charge in [-0.2, -0.15) is 13.2 Å². The Morgan fingerprint density at radius 2 is 1.46 bits per heavy atom. The van der Waals surface area contributed by atoms with Crippen molar-refractivity contribution in [2.75, 3.05) is 18.4 Å². The van der Waals surface area contributed by atoms with Gasteiger partial charge in [0.2, 0.25) is 11.8 Å². The SMILES string of the molecule is NC(=O)NCCCC[C@H](NC(=O)CCCCCNc1ccccn1)C(=O)NC(CC(=O)OC(=O)C(F)(F)F)c1ccc(-c2ccccc2)cc1. The van der Waals surface area contributed by atoms with Crippen molar-refractivity contribution < 1.29 is 41.9 Å². The minimum absolute atomic E-state index is 0.132.